The van der Waals surface area contributed by atoms with Crippen LogP contribution in [0.5, 0.6) is 5.75 Å². The van der Waals surface area contributed by atoms with Gasteiger partial charge in [0.05, 0.1) is 13.5 Å². The minimum absolute atomic E-state index is 0.205. The number of benzene rings is 1. The van der Waals surface area contributed by atoms with Gasteiger partial charge in [0.25, 0.3) is 5.92 Å². The van der Waals surface area contributed by atoms with Crippen LogP contribution < -0.4 is 4.74 Å². The minimum Gasteiger partial charge on any atom is -0.497 e. The van der Waals surface area contributed by atoms with Crippen molar-refractivity contribution in [2.24, 2.45) is 0 Å². The molecule has 0 heterocycles. The highest BCUT2D eigenvalue weighted by Crippen LogP contribution is 2.32. The summed E-state index contributed by atoms with van der Waals surface area (Å²) in [6.07, 6.45) is -0.598. The first-order chi connectivity index (χ1) is 6.60. The molecule has 0 aliphatic heterocycles. The third kappa shape index (κ3) is 2.28. The first kappa shape index (κ1) is 10.6. The Morgan fingerprint density at radius 3 is 2.79 bits per heavy atom. The molecular formula is C10H10F2O2. The van der Waals surface area contributed by atoms with Crippen LogP contribution in [0.25, 0.3) is 0 Å². The molecule has 0 amide bonds. The molecule has 0 aromatic heterocycles. The van der Waals surface area contributed by atoms with Crippen LogP contribution in [0, 0.1) is 0 Å². The fourth-order valence-corrected chi connectivity index (χ4v) is 1.07. The van der Waals surface area contributed by atoms with E-state index in [2.05, 4.69) is 0 Å². The summed E-state index contributed by atoms with van der Waals surface area (Å²) in [4.78, 5) is 10.0. The Bertz CT molecular complexity index is 324. The van der Waals surface area contributed by atoms with Crippen molar-refractivity contribution in [3.8, 4) is 5.75 Å². The molecule has 1 rings (SSSR count). The maximum absolute atomic E-state index is 13.2. The van der Waals surface area contributed by atoms with Gasteiger partial charge in [-0.25, -0.2) is 8.78 Å². The summed E-state index contributed by atoms with van der Waals surface area (Å²) < 4.78 is 31.2. The highest BCUT2D eigenvalue weighted by Gasteiger charge is 2.31. The van der Waals surface area contributed by atoms with Crippen LogP contribution in [-0.2, 0) is 10.7 Å². The van der Waals surface area contributed by atoms with Crippen molar-refractivity contribution in [2.45, 2.75) is 12.3 Å². The fraction of sp³-hybridized carbons (Fsp3) is 0.300. The quantitative estimate of drug-likeness (QED) is 0.697. The second-order valence-electron chi connectivity index (χ2n) is 2.81. The lowest BCUT2D eigenvalue weighted by Gasteiger charge is -2.14. The van der Waals surface area contributed by atoms with E-state index in [0.717, 1.165) is 0 Å². The molecule has 0 saturated carbocycles. The summed E-state index contributed by atoms with van der Waals surface area (Å²) >= 11 is 0. The van der Waals surface area contributed by atoms with Crippen LogP contribution in [0.2, 0.25) is 0 Å². The molecule has 14 heavy (non-hydrogen) atoms. The van der Waals surface area contributed by atoms with Crippen molar-refractivity contribution in [3.63, 3.8) is 0 Å². The molecule has 76 valence electrons. The molecule has 0 aliphatic rings. The smallest absolute Gasteiger partial charge is 0.279 e. The largest absolute Gasteiger partial charge is 0.497 e. The van der Waals surface area contributed by atoms with E-state index >= 15 is 0 Å². The monoisotopic (exact) mass is 200 g/mol. The number of rotatable bonds is 4. The third-order valence-electron chi connectivity index (χ3n) is 1.83. The van der Waals surface area contributed by atoms with Crippen molar-refractivity contribution < 1.29 is 18.3 Å². The van der Waals surface area contributed by atoms with Crippen LogP contribution in [0.15, 0.2) is 24.3 Å². The average molecular weight is 200 g/mol. The maximum Gasteiger partial charge on any atom is 0.279 e. The van der Waals surface area contributed by atoms with Gasteiger partial charge in [-0.1, -0.05) is 12.1 Å². The van der Waals surface area contributed by atoms with Gasteiger partial charge >= 0.3 is 0 Å². The van der Waals surface area contributed by atoms with E-state index in [1.54, 1.807) is 6.07 Å². The number of hydrogen-bond donors (Lipinski definition) is 0. The second kappa shape index (κ2) is 4.17. The molecule has 0 N–H and O–H groups in total. The van der Waals surface area contributed by atoms with E-state index < -0.39 is 12.3 Å². The Labute approximate surface area is 80.5 Å². The lowest BCUT2D eigenvalue weighted by atomic mass is 10.1. The van der Waals surface area contributed by atoms with Crippen LogP contribution >= 0.6 is 0 Å². The standard InChI is InChI=1S/C10H10F2O2/c1-14-9-4-2-3-8(7-9)10(11,12)5-6-13/h2-4,6-7H,5H2,1H3. The number of methoxy groups -OCH3 is 1. The van der Waals surface area contributed by atoms with E-state index in [4.69, 9.17) is 4.74 Å². The van der Waals surface area contributed by atoms with Gasteiger partial charge in [-0.3, -0.25) is 0 Å². The number of ether oxygens (including phenoxy) is 1. The molecule has 0 unspecified atom stereocenters. The summed E-state index contributed by atoms with van der Waals surface area (Å²) in [5, 5.41) is 0. The Kier molecular flexibility index (Phi) is 3.17. The van der Waals surface area contributed by atoms with E-state index in [-0.39, 0.29) is 11.8 Å². The highest BCUT2D eigenvalue weighted by molar-refractivity contribution is 5.52. The van der Waals surface area contributed by atoms with E-state index in [9.17, 15) is 13.6 Å². The summed E-state index contributed by atoms with van der Waals surface area (Å²) in [6, 6.07) is 5.53. The van der Waals surface area contributed by atoms with Crippen molar-refractivity contribution >= 4 is 6.29 Å². The zero-order valence-electron chi connectivity index (χ0n) is 7.67. The predicted molar refractivity (Wildman–Crippen MR) is 47.6 cm³/mol. The maximum atomic E-state index is 13.2. The molecule has 1 aromatic carbocycles. The molecule has 0 radical (unpaired) electrons. The number of carbonyl (C=O) groups is 1. The summed E-state index contributed by atoms with van der Waals surface area (Å²) in [5.41, 5.74) is -0.205. The van der Waals surface area contributed by atoms with E-state index in [1.807, 2.05) is 0 Å². The Morgan fingerprint density at radius 1 is 1.50 bits per heavy atom. The van der Waals surface area contributed by atoms with Crippen molar-refractivity contribution in [3.05, 3.63) is 29.8 Å². The summed E-state index contributed by atoms with van der Waals surface area (Å²) in [5.74, 6) is -2.76. The lowest BCUT2D eigenvalue weighted by Crippen LogP contribution is -2.13. The topological polar surface area (TPSA) is 26.3 Å². The van der Waals surface area contributed by atoms with Gasteiger partial charge in [0, 0.05) is 5.56 Å². The molecule has 0 saturated heterocycles. The van der Waals surface area contributed by atoms with Gasteiger partial charge in [-0.05, 0) is 12.1 Å². The van der Waals surface area contributed by atoms with E-state index in [0.29, 0.717) is 5.75 Å². The molecule has 0 atom stereocenters. The molecule has 0 bridgehead atoms. The summed E-state index contributed by atoms with van der Waals surface area (Å²) in [7, 11) is 1.40. The Balaban J connectivity index is 2.99. The van der Waals surface area contributed by atoms with Gasteiger partial charge in [0.1, 0.15) is 12.0 Å². The van der Waals surface area contributed by atoms with E-state index in [1.165, 1.54) is 25.3 Å². The zero-order valence-corrected chi connectivity index (χ0v) is 7.67. The molecule has 0 spiro atoms. The predicted octanol–water partition coefficient (Wildman–Crippen LogP) is 2.38. The van der Waals surface area contributed by atoms with Gasteiger partial charge < -0.3 is 9.53 Å². The lowest BCUT2D eigenvalue weighted by molar-refractivity contribution is -0.115. The van der Waals surface area contributed by atoms with Crippen LogP contribution in [0.1, 0.15) is 12.0 Å². The van der Waals surface area contributed by atoms with Crippen molar-refractivity contribution in [1.82, 2.24) is 0 Å². The number of hydrogen-bond acceptors (Lipinski definition) is 2. The fourth-order valence-electron chi connectivity index (χ4n) is 1.07. The van der Waals surface area contributed by atoms with Gasteiger partial charge in [-0.2, -0.15) is 0 Å². The molecule has 2 nitrogen and oxygen atoms in total. The second-order valence-corrected chi connectivity index (χ2v) is 2.81. The first-order valence-corrected chi connectivity index (χ1v) is 4.06. The highest BCUT2D eigenvalue weighted by atomic mass is 19.3. The number of alkyl halides is 2. The summed E-state index contributed by atoms with van der Waals surface area (Å²) in [6.45, 7) is 0. The third-order valence-corrected chi connectivity index (χ3v) is 1.83. The van der Waals surface area contributed by atoms with Gasteiger partial charge in [0.15, 0.2) is 0 Å². The van der Waals surface area contributed by atoms with Crippen molar-refractivity contribution in [2.75, 3.05) is 7.11 Å². The van der Waals surface area contributed by atoms with Gasteiger partial charge in [-0.15, -0.1) is 0 Å². The number of aldehydes is 1. The number of carbonyl (C=O) groups excluding carboxylic acids is 1. The molecule has 0 aliphatic carbocycles. The molecular weight excluding hydrogens is 190 g/mol. The minimum atomic E-state index is -3.11. The molecule has 1 aromatic rings. The van der Waals surface area contributed by atoms with Crippen LogP contribution in [-0.4, -0.2) is 13.4 Å². The zero-order chi connectivity index (χ0) is 10.6. The Hall–Kier alpha value is -1.45. The average Bonchev–Trinajstić information content (AvgIpc) is 2.18. The number of halogens is 2. The normalized spacial score (nSPS) is 11.1. The van der Waals surface area contributed by atoms with Crippen LogP contribution in [0.4, 0.5) is 8.78 Å². The SMILES string of the molecule is COc1cccc(C(F)(F)CC=O)c1. The van der Waals surface area contributed by atoms with Crippen molar-refractivity contribution in [1.29, 1.82) is 0 Å². The molecule has 4 heteroatoms. The Morgan fingerprint density at radius 2 is 2.21 bits per heavy atom. The first-order valence-electron chi connectivity index (χ1n) is 4.06. The van der Waals surface area contributed by atoms with Crippen LogP contribution in [0.3, 0.4) is 0 Å². The van der Waals surface area contributed by atoms with Gasteiger partial charge in [0.2, 0.25) is 0 Å². The molecule has 0 fully saturated rings.